The number of carbonyl (C=O) groups is 2. The maximum Gasteiger partial charge on any atom is 0.307 e. The molecule has 0 fully saturated rings. The predicted molar refractivity (Wildman–Crippen MR) is 86.1 cm³/mol. The Morgan fingerprint density at radius 3 is 2.52 bits per heavy atom. The number of hydrogen-bond donors (Lipinski definition) is 2. The van der Waals surface area contributed by atoms with Crippen LogP contribution >= 0.6 is 0 Å². The number of nitrogens with one attached hydrogen (secondary N) is 2. The topological polar surface area (TPSA) is 67.4 Å². The maximum atomic E-state index is 12.0. The molecule has 0 aliphatic rings. The Morgan fingerprint density at radius 1 is 1.29 bits per heavy atom. The molecule has 0 bridgehead atoms. The second kappa shape index (κ2) is 9.13. The fraction of sp³-hybridized carbons (Fsp3) is 0.500. The van der Waals surface area contributed by atoms with Crippen molar-refractivity contribution in [3.05, 3.63) is 35.9 Å². The lowest BCUT2D eigenvalue weighted by atomic mass is 10.0. The van der Waals surface area contributed by atoms with Crippen LogP contribution < -0.4 is 10.6 Å². The van der Waals surface area contributed by atoms with Crippen LogP contribution in [0.3, 0.4) is 0 Å². The summed E-state index contributed by atoms with van der Waals surface area (Å²) >= 11 is 0. The summed E-state index contributed by atoms with van der Waals surface area (Å²) in [6.07, 6.45) is 0.771. The first kappa shape index (κ1) is 17.2. The number of rotatable bonds is 8. The van der Waals surface area contributed by atoms with Crippen LogP contribution in [0, 0.1) is 0 Å². The molecule has 1 amide bonds. The summed E-state index contributed by atoms with van der Waals surface area (Å²) in [5.74, 6) is -0.418. The normalized spacial score (nSPS) is 13.3. The van der Waals surface area contributed by atoms with Crippen LogP contribution in [0.2, 0.25) is 0 Å². The Bertz CT molecular complexity index is 458. The third-order valence-corrected chi connectivity index (χ3v) is 3.22. The summed E-state index contributed by atoms with van der Waals surface area (Å²) in [7, 11) is 1.72. The third-order valence-electron chi connectivity index (χ3n) is 3.22. The molecule has 120 valence electrons. The van der Waals surface area contributed by atoms with Crippen molar-refractivity contribution < 1.29 is 17.2 Å². The van der Waals surface area contributed by atoms with E-state index in [1.807, 2.05) is 30.3 Å². The van der Waals surface area contributed by atoms with Crippen LogP contribution in [0.1, 0.15) is 28.7 Å². The molecule has 0 heterocycles. The summed E-state index contributed by atoms with van der Waals surface area (Å²) in [6.45, 7) is 3.89. The molecule has 0 aromatic heterocycles. The Kier molecular flexibility index (Phi) is 7.46. The fourth-order valence-corrected chi connectivity index (χ4v) is 1.95. The van der Waals surface area contributed by atoms with Crippen molar-refractivity contribution in [1.82, 2.24) is 10.6 Å². The molecule has 2 N–H and O–H groups in total. The summed E-state index contributed by atoms with van der Waals surface area (Å²) in [4.78, 5) is 23.7. The molecule has 0 radical (unpaired) electrons. The van der Waals surface area contributed by atoms with E-state index in [4.69, 9.17) is 4.74 Å². The van der Waals surface area contributed by atoms with E-state index in [1.165, 1.54) is 0 Å². The fourth-order valence-electron chi connectivity index (χ4n) is 1.95. The van der Waals surface area contributed by atoms with E-state index in [1.54, 1.807) is 20.9 Å². The molecule has 0 aliphatic heterocycles. The number of amides is 1. The van der Waals surface area contributed by atoms with Crippen LogP contribution in [0.4, 0.5) is 0 Å². The number of esters is 1. The average Bonchev–Trinajstić information content (AvgIpc) is 2.47. The van der Waals surface area contributed by atoms with Gasteiger partial charge in [-0.25, -0.2) is 0 Å². The largest absolute Gasteiger partial charge is 0.466 e. The molecule has 0 spiro atoms. The van der Waals surface area contributed by atoms with Crippen molar-refractivity contribution in [3.63, 3.8) is 0 Å². The van der Waals surface area contributed by atoms with Gasteiger partial charge in [-0.1, -0.05) is 30.3 Å². The van der Waals surface area contributed by atoms with Crippen LogP contribution in [-0.2, 0) is 20.7 Å². The van der Waals surface area contributed by atoms with Gasteiger partial charge in [-0.05, 0) is 32.9 Å². The smallest absolute Gasteiger partial charge is 0.307 e. The highest BCUT2D eigenvalue weighted by Crippen LogP contribution is 2.07. The first-order valence-electron chi connectivity index (χ1n) is 7.24. The van der Waals surface area contributed by atoms with Crippen LogP contribution in [0.25, 0.3) is 0 Å². The molecule has 0 aliphatic carbocycles. The minimum Gasteiger partial charge on any atom is -0.466 e. The third kappa shape index (κ3) is 6.40. The van der Waals surface area contributed by atoms with Crippen molar-refractivity contribution in [2.75, 3.05) is 13.7 Å². The van der Waals surface area contributed by atoms with Crippen molar-refractivity contribution in [3.8, 4) is 0 Å². The van der Waals surface area contributed by atoms with Crippen molar-refractivity contribution in [1.29, 1.82) is 0 Å². The highest BCUT2D eigenvalue weighted by molar-refractivity contribution is 5.82. The summed E-state index contributed by atoms with van der Waals surface area (Å²) in [5, 5.41) is 5.79. The maximum absolute atomic E-state index is 12.0. The zero-order valence-corrected chi connectivity index (χ0v) is 12.9. The lowest BCUT2D eigenvalue weighted by Crippen LogP contribution is -2.46. The second-order valence-corrected chi connectivity index (χ2v) is 4.91. The van der Waals surface area contributed by atoms with E-state index in [0.29, 0.717) is 13.0 Å². The van der Waals surface area contributed by atoms with E-state index in [0.717, 1.165) is 5.56 Å². The van der Waals surface area contributed by atoms with Gasteiger partial charge in [0.05, 0.1) is 19.1 Å². The molecule has 5 nitrogen and oxygen atoms in total. The predicted octanol–water partition coefficient (Wildman–Crippen LogP) is 1.77. The van der Waals surface area contributed by atoms with Crippen molar-refractivity contribution >= 4 is 11.9 Å². The number of ether oxygens (including phenoxy) is 1. The highest BCUT2D eigenvalue weighted by atomic mass is 16.5. The molecule has 5 heteroatoms. The average molecular weight is 296 g/mol. The lowest BCUT2D eigenvalue weighted by Gasteiger charge is -2.20. The van der Waals surface area contributed by atoms with E-state index < -0.39 is 0 Å². The Labute approximate surface area is 129 Å². The molecule has 0 saturated carbocycles. The molecule has 2 unspecified atom stereocenters. The molecule has 0 saturated heterocycles. The zero-order chi connectivity index (χ0) is 15.7. The van der Waals surface area contributed by atoms with Gasteiger partial charge in [-0.15, -0.1) is 0 Å². The summed E-state index contributed by atoms with van der Waals surface area (Å²) in [6, 6.07) is 9.20. The van der Waals surface area contributed by atoms with Gasteiger partial charge in [-0.2, -0.15) is 0 Å². The van der Waals surface area contributed by atoms with Gasteiger partial charge in [0.15, 0.2) is 0 Å². The standard InChI is InChI=1S/C16H24N2O3.2H2/c1-4-21-15(19)11-14(18-16(20)12(2)17-3)10-13-8-6-5-7-9-13;;/h5-9,12,14,17H,4,10-11H2,1-3H3,(H,18,20);2*1H. The first-order chi connectivity index (χ1) is 10.1. The number of carbonyl (C=O) groups excluding carboxylic acids is 2. The van der Waals surface area contributed by atoms with Crippen LogP contribution in [0.5, 0.6) is 0 Å². The monoisotopic (exact) mass is 296 g/mol. The zero-order valence-electron chi connectivity index (χ0n) is 12.9. The minimum absolute atomic E-state index is 0. The van der Waals surface area contributed by atoms with Gasteiger partial charge in [0.25, 0.3) is 0 Å². The highest BCUT2D eigenvalue weighted by Gasteiger charge is 2.20. The van der Waals surface area contributed by atoms with Crippen molar-refractivity contribution in [2.45, 2.75) is 38.8 Å². The van der Waals surface area contributed by atoms with Gasteiger partial charge in [0, 0.05) is 8.90 Å². The molecular formula is C16H28N2O3. The molecule has 21 heavy (non-hydrogen) atoms. The number of benzene rings is 1. The van der Waals surface area contributed by atoms with E-state index in [9.17, 15) is 9.59 Å². The molecule has 1 rings (SSSR count). The van der Waals surface area contributed by atoms with E-state index in [2.05, 4.69) is 10.6 Å². The second-order valence-electron chi connectivity index (χ2n) is 4.91. The van der Waals surface area contributed by atoms with Crippen LogP contribution in [0.15, 0.2) is 30.3 Å². The Balaban J connectivity index is 0. The first-order valence-corrected chi connectivity index (χ1v) is 7.24. The number of hydrogen-bond acceptors (Lipinski definition) is 4. The van der Waals surface area contributed by atoms with Gasteiger partial charge in [0.2, 0.25) is 5.91 Å². The Morgan fingerprint density at radius 2 is 1.95 bits per heavy atom. The van der Waals surface area contributed by atoms with Crippen molar-refractivity contribution in [2.24, 2.45) is 0 Å². The summed E-state index contributed by atoms with van der Waals surface area (Å²) < 4.78 is 4.97. The lowest BCUT2D eigenvalue weighted by molar-refractivity contribution is -0.143. The minimum atomic E-state index is -0.300. The van der Waals surface area contributed by atoms with Crippen LogP contribution in [-0.4, -0.2) is 37.6 Å². The molecule has 2 atom stereocenters. The SMILES string of the molecule is CCOC(=O)CC(Cc1ccccc1)NC(=O)C(C)NC.[HH].[HH]. The molecule has 1 aromatic carbocycles. The van der Waals surface area contributed by atoms with Gasteiger partial charge in [0.1, 0.15) is 0 Å². The molecule has 1 aromatic rings. The van der Waals surface area contributed by atoms with Gasteiger partial charge in [-0.3, -0.25) is 9.59 Å². The van der Waals surface area contributed by atoms with Gasteiger partial charge >= 0.3 is 5.97 Å². The summed E-state index contributed by atoms with van der Waals surface area (Å²) in [5.41, 5.74) is 1.07. The van der Waals surface area contributed by atoms with Gasteiger partial charge < -0.3 is 15.4 Å². The number of likely N-dealkylation sites (N-methyl/N-ethyl adjacent to an activating group) is 1. The molecular weight excluding hydrogens is 268 g/mol. The quantitative estimate of drug-likeness (QED) is 0.717. The Hall–Kier alpha value is -1.88. The van der Waals surface area contributed by atoms with E-state index in [-0.39, 0.29) is 33.2 Å². The van der Waals surface area contributed by atoms with E-state index >= 15 is 0 Å².